The number of likely N-dealkylation sites (tertiary alicyclic amines) is 1. The lowest BCUT2D eigenvalue weighted by atomic mass is 10.0. The SMILES string of the molecule is COc1ccccc1C(CNC(=NCC(=O)N(C)C)NCc1cccs1)N1CCCC1. The molecule has 0 radical (unpaired) electrons. The van der Waals surface area contributed by atoms with Gasteiger partial charge in [0.2, 0.25) is 5.91 Å². The first-order valence-corrected chi connectivity index (χ1v) is 11.6. The summed E-state index contributed by atoms with van der Waals surface area (Å²) >= 11 is 1.70. The van der Waals surface area contributed by atoms with Crippen LogP contribution in [0.3, 0.4) is 0 Å². The summed E-state index contributed by atoms with van der Waals surface area (Å²) in [7, 11) is 5.21. The molecule has 31 heavy (non-hydrogen) atoms. The topological polar surface area (TPSA) is 69.2 Å². The second-order valence-corrected chi connectivity index (χ2v) is 8.80. The summed E-state index contributed by atoms with van der Waals surface area (Å²) in [6.45, 7) is 3.59. The summed E-state index contributed by atoms with van der Waals surface area (Å²) in [5.74, 6) is 1.51. The first kappa shape index (κ1) is 23.1. The highest BCUT2D eigenvalue weighted by Crippen LogP contribution is 2.31. The molecule has 168 valence electrons. The van der Waals surface area contributed by atoms with Crippen LogP contribution in [-0.4, -0.2) is 69.1 Å². The average molecular weight is 444 g/mol. The molecular weight excluding hydrogens is 410 g/mol. The van der Waals surface area contributed by atoms with Crippen molar-refractivity contribution < 1.29 is 9.53 Å². The van der Waals surface area contributed by atoms with Crippen LogP contribution in [0.15, 0.2) is 46.8 Å². The molecule has 1 amide bonds. The van der Waals surface area contributed by atoms with Crippen molar-refractivity contribution in [2.24, 2.45) is 4.99 Å². The lowest BCUT2D eigenvalue weighted by molar-refractivity contribution is -0.127. The van der Waals surface area contributed by atoms with Gasteiger partial charge in [-0.05, 0) is 43.4 Å². The van der Waals surface area contributed by atoms with Crippen LogP contribution in [0.4, 0.5) is 0 Å². The van der Waals surface area contributed by atoms with Crippen LogP contribution in [0.2, 0.25) is 0 Å². The molecule has 0 bridgehead atoms. The predicted octanol–water partition coefficient (Wildman–Crippen LogP) is 2.72. The number of ether oxygens (including phenoxy) is 1. The number of amides is 1. The quantitative estimate of drug-likeness (QED) is 0.461. The number of hydrogen-bond donors (Lipinski definition) is 2. The van der Waals surface area contributed by atoms with E-state index < -0.39 is 0 Å². The average Bonchev–Trinajstić information content (AvgIpc) is 3.49. The number of carbonyl (C=O) groups is 1. The van der Waals surface area contributed by atoms with E-state index in [1.54, 1.807) is 37.4 Å². The summed E-state index contributed by atoms with van der Waals surface area (Å²) < 4.78 is 5.65. The molecule has 8 heteroatoms. The predicted molar refractivity (Wildman–Crippen MR) is 127 cm³/mol. The van der Waals surface area contributed by atoms with Crippen LogP contribution in [-0.2, 0) is 11.3 Å². The number of aliphatic imine (C=N–C) groups is 1. The van der Waals surface area contributed by atoms with Gasteiger partial charge in [-0.1, -0.05) is 24.3 Å². The van der Waals surface area contributed by atoms with Crippen molar-refractivity contribution in [3.05, 3.63) is 52.2 Å². The summed E-state index contributed by atoms with van der Waals surface area (Å²) in [6.07, 6.45) is 2.42. The van der Waals surface area contributed by atoms with Crippen molar-refractivity contribution in [1.82, 2.24) is 20.4 Å². The Hall–Kier alpha value is -2.58. The number of para-hydroxylation sites is 1. The lowest BCUT2D eigenvalue weighted by Crippen LogP contribution is -2.43. The number of nitrogens with zero attached hydrogens (tertiary/aromatic N) is 3. The molecule has 1 fully saturated rings. The van der Waals surface area contributed by atoms with E-state index in [4.69, 9.17) is 4.74 Å². The standard InChI is InChI=1S/C23H33N5O2S/c1-27(2)22(29)17-26-23(24-15-18-9-8-14-31-18)25-16-20(28-12-6-7-13-28)19-10-4-5-11-21(19)30-3/h4-5,8-11,14,20H,6-7,12-13,15-17H2,1-3H3,(H2,24,25,26). The molecule has 1 aliphatic rings. The van der Waals surface area contributed by atoms with Gasteiger partial charge >= 0.3 is 0 Å². The van der Waals surface area contributed by atoms with Crippen molar-refractivity contribution >= 4 is 23.2 Å². The van der Waals surface area contributed by atoms with Gasteiger partial charge in [0.05, 0.1) is 19.7 Å². The Morgan fingerprint density at radius 1 is 1.19 bits per heavy atom. The van der Waals surface area contributed by atoms with E-state index in [1.165, 1.54) is 23.3 Å². The molecule has 2 aromatic rings. The maximum Gasteiger partial charge on any atom is 0.243 e. The molecule has 1 aliphatic heterocycles. The van der Waals surface area contributed by atoms with Crippen molar-refractivity contribution in [2.45, 2.75) is 25.4 Å². The Kier molecular flexibility index (Phi) is 8.73. The van der Waals surface area contributed by atoms with Gasteiger partial charge in [0.1, 0.15) is 12.3 Å². The van der Waals surface area contributed by atoms with Crippen molar-refractivity contribution in [3.63, 3.8) is 0 Å². The van der Waals surface area contributed by atoms with Crippen LogP contribution in [0.5, 0.6) is 5.75 Å². The summed E-state index contributed by atoms with van der Waals surface area (Å²) in [4.78, 5) is 21.9. The zero-order chi connectivity index (χ0) is 22.1. The van der Waals surface area contributed by atoms with Crippen LogP contribution < -0.4 is 15.4 Å². The Balaban J connectivity index is 1.74. The Labute approximate surface area is 189 Å². The van der Waals surface area contributed by atoms with Crippen LogP contribution in [0.1, 0.15) is 29.3 Å². The number of rotatable bonds is 9. The van der Waals surface area contributed by atoms with E-state index >= 15 is 0 Å². The van der Waals surface area contributed by atoms with E-state index in [-0.39, 0.29) is 18.5 Å². The molecule has 2 N–H and O–H groups in total. The Morgan fingerprint density at radius 3 is 2.65 bits per heavy atom. The molecule has 0 spiro atoms. The number of thiophene rings is 1. The van der Waals surface area contributed by atoms with Gasteiger partial charge in [-0.3, -0.25) is 9.69 Å². The number of hydrogen-bond acceptors (Lipinski definition) is 5. The van der Waals surface area contributed by atoms with E-state index in [0.717, 1.165) is 18.8 Å². The van der Waals surface area contributed by atoms with Crippen molar-refractivity contribution in [2.75, 3.05) is 47.4 Å². The molecule has 1 aromatic carbocycles. The number of benzene rings is 1. The van der Waals surface area contributed by atoms with Crippen LogP contribution >= 0.6 is 11.3 Å². The van der Waals surface area contributed by atoms with Gasteiger partial charge in [0.15, 0.2) is 5.96 Å². The summed E-state index contributed by atoms with van der Waals surface area (Å²) in [5, 5.41) is 8.91. The Morgan fingerprint density at radius 2 is 1.97 bits per heavy atom. The molecule has 0 saturated carbocycles. The number of methoxy groups -OCH3 is 1. The van der Waals surface area contributed by atoms with Gasteiger partial charge in [-0.2, -0.15) is 0 Å². The van der Waals surface area contributed by atoms with Crippen LogP contribution in [0, 0.1) is 0 Å². The van der Waals surface area contributed by atoms with Crippen molar-refractivity contribution in [1.29, 1.82) is 0 Å². The minimum absolute atomic E-state index is 0.0296. The third-order valence-corrected chi connectivity index (χ3v) is 6.30. The molecule has 1 aromatic heterocycles. The normalized spacial score (nSPS) is 15.5. The van der Waals surface area contributed by atoms with Gasteiger partial charge in [-0.25, -0.2) is 4.99 Å². The minimum atomic E-state index is -0.0296. The highest BCUT2D eigenvalue weighted by molar-refractivity contribution is 7.09. The largest absolute Gasteiger partial charge is 0.496 e. The van der Waals surface area contributed by atoms with Crippen LogP contribution in [0.25, 0.3) is 0 Å². The molecular formula is C23H33N5O2S. The zero-order valence-corrected chi connectivity index (χ0v) is 19.5. The molecule has 0 aliphatic carbocycles. The molecule has 2 heterocycles. The monoisotopic (exact) mass is 443 g/mol. The molecule has 3 rings (SSSR count). The van der Waals surface area contributed by atoms with E-state index in [2.05, 4.69) is 44.1 Å². The molecule has 1 unspecified atom stereocenters. The maximum atomic E-state index is 12.1. The smallest absolute Gasteiger partial charge is 0.243 e. The number of carbonyl (C=O) groups excluding carboxylic acids is 1. The van der Waals surface area contributed by atoms with E-state index in [1.807, 2.05) is 18.2 Å². The first-order valence-electron chi connectivity index (χ1n) is 10.7. The second-order valence-electron chi connectivity index (χ2n) is 7.77. The fraction of sp³-hybridized carbons (Fsp3) is 0.478. The third-order valence-electron chi connectivity index (χ3n) is 5.42. The Bertz CT molecular complexity index is 847. The van der Waals surface area contributed by atoms with Crippen molar-refractivity contribution in [3.8, 4) is 5.75 Å². The summed E-state index contributed by atoms with van der Waals surface area (Å²) in [5.41, 5.74) is 1.17. The molecule has 1 saturated heterocycles. The number of nitrogens with one attached hydrogen (secondary N) is 2. The fourth-order valence-electron chi connectivity index (χ4n) is 3.67. The fourth-order valence-corrected chi connectivity index (χ4v) is 4.32. The highest BCUT2D eigenvalue weighted by Gasteiger charge is 2.26. The van der Waals surface area contributed by atoms with E-state index in [0.29, 0.717) is 19.0 Å². The lowest BCUT2D eigenvalue weighted by Gasteiger charge is -2.30. The highest BCUT2D eigenvalue weighted by atomic mass is 32.1. The summed E-state index contributed by atoms with van der Waals surface area (Å²) in [6, 6.07) is 12.5. The third kappa shape index (κ3) is 6.70. The van der Waals surface area contributed by atoms with Gasteiger partial charge in [-0.15, -0.1) is 11.3 Å². The second kappa shape index (κ2) is 11.7. The number of likely N-dealkylation sites (N-methyl/N-ethyl adjacent to an activating group) is 1. The molecule has 7 nitrogen and oxygen atoms in total. The van der Waals surface area contributed by atoms with Gasteiger partial charge in [0.25, 0.3) is 0 Å². The minimum Gasteiger partial charge on any atom is -0.496 e. The molecule has 1 atom stereocenters. The maximum absolute atomic E-state index is 12.1. The zero-order valence-electron chi connectivity index (χ0n) is 18.6. The van der Waals surface area contributed by atoms with E-state index in [9.17, 15) is 4.79 Å². The van der Waals surface area contributed by atoms with Gasteiger partial charge < -0.3 is 20.3 Å². The number of guanidine groups is 1. The first-order chi connectivity index (χ1) is 15.1. The van der Waals surface area contributed by atoms with Gasteiger partial charge in [0, 0.05) is 31.1 Å².